The quantitative estimate of drug-likeness (QED) is 0.546. The van der Waals surface area contributed by atoms with Crippen LogP contribution in [0.5, 0.6) is 11.5 Å². The summed E-state index contributed by atoms with van der Waals surface area (Å²) < 4.78 is 43.9. The Kier molecular flexibility index (Phi) is 8.90. The SMILES string of the molecule is COc1cccc(CN(C)CC(=O)Nc2cc(S(=O)(=O)N3CCOCC3)ccc2OC(C)C)c1. The molecule has 1 aliphatic rings. The van der Waals surface area contributed by atoms with Crippen LogP contribution in [0, 0.1) is 0 Å². The third-order valence-corrected chi connectivity index (χ3v) is 7.09. The topological polar surface area (TPSA) is 97.4 Å². The van der Waals surface area contributed by atoms with Crippen molar-refractivity contribution in [3.05, 3.63) is 48.0 Å². The lowest BCUT2D eigenvalue weighted by Crippen LogP contribution is -2.40. The fraction of sp³-hybridized carbons (Fsp3) is 0.458. The summed E-state index contributed by atoms with van der Waals surface area (Å²) in [5, 5.41) is 2.83. The van der Waals surface area contributed by atoms with Crippen LogP contribution in [-0.2, 0) is 26.1 Å². The Morgan fingerprint density at radius 3 is 2.59 bits per heavy atom. The van der Waals surface area contributed by atoms with Gasteiger partial charge in [-0.2, -0.15) is 4.31 Å². The summed E-state index contributed by atoms with van der Waals surface area (Å²) >= 11 is 0. The zero-order valence-corrected chi connectivity index (χ0v) is 20.9. The molecule has 1 fully saturated rings. The number of methoxy groups -OCH3 is 1. The second kappa shape index (κ2) is 11.7. The van der Waals surface area contributed by atoms with Gasteiger partial charge in [-0.15, -0.1) is 0 Å². The average molecular weight is 492 g/mol. The van der Waals surface area contributed by atoms with Gasteiger partial charge in [0.25, 0.3) is 0 Å². The van der Waals surface area contributed by atoms with E-state index in [0.717, 1.165) is 11.3 Å². The lowest BCUT2D eigenvalue weighted by Gasteiger charge is -2.26. The zero-order valence-electron chi connectivity index (χ0n) is 20.1. The highest BCUT2D eigenvalue weighted by Gasteiger charge is 2.27. The molecular formula is C24H33N3O6S. The van der Waals surface area contributed by atoms with Crippen LogP contribution in [0.15, 0.2) is 47.4 Å². The summed E-state index contributed by atoms with van der Waals surface area (Å²) in [5.41, 5.74) is 1.33. The minimum atomic E-state index is -3.71. The molecule has 0 atom stereocenters. The smallest absolute Gasteiger partial charge is 0.243 e. The number of nitrogens with zero attached hydrogens (tertiary/aromatic N) is 2. The van der Waals surface area contributed by atoms with Crippen LogP contribution in [0.3, 0.4) is 0 Å². The van der Waals surface area contributed by atoms with Gasteiger partial charge in [-0.05, 0) is 56.8 Å². The number of carbonyl (C=O) groups is 1. The van der Waals surface area contributed by atoms with Crippen molar-refractivity contribution in [1.29, 1.82) is 0 Å². The molecule has 1 N–H and O–H groups in total. The van der Waals surface area contributed by atoms with Crippen LogP contribution in [-0.4, -0.2) is 76.6 Å². The first-order chi connectivity index (χ1) is 16.2. The summed E-state index contributed by atoms with van der Waals surface area (Å²) in [4.78, 5) is 14.8. The normalized spacial score (nSPS) is 14.9. The molecule has 1 aliphatic heterocycles. The highest BCUT2D eigenvalue weighted by atomic mass is 32.2. The molecule has 186 valence electrons. The molecule has 34 heavy (non-hydrogen) atoms. The molecule has 1 amide bonds. The van der Waals surface area contributed by atoms with Crippen LogP contribution >= 0.6 is 0 Å². The summed E-state index contributed by atoms with van der Waals surface area (Å²) in [7, 11) is -0.263. The van der Waals surface area contributed by atoms with Gasteiger partial charge in [0.15, 0.2) is 0 Å². The second-order valence-corrected chi connectivity index (χ2v) is 10.4. The molecule has 0 aromatic heterocycles. The molecule has 0 saturated carbocycles. The lowest BCUT2D eigenvalue weighted by atomic mass is 10.2. The Balaban J connectivity index is 1.75. The fourth-order valence-electron chi connectivity index (χ4n) is 3.63. The van der Waals surface area contributed by atoms with Crippen molar-refractivity contribution < 1.29 is 27.4 Å². The number of benzene rings is 2. The van der Waals surface area contributed by atoms with Crippen molar-refractivity contribution in [3.8, 4) is 11.5 Å². The van der Waals surface area contributed by atoms with Crippen LogP contribution in [0.25, 0.3) is 0 Å². The lowest BCUT2D eigenvalue weighted by molar-refractivity contribution is -0.117. The number of nitrogens with one attached hydrogen (secondary N) is 1. The van der Waals surface area contributed by atoms with Crippen molar-refractivity contribution in [3.63, 3.8) is 0 Å². The highest BCUT2D eigenvalue weighted by Crippen LogP contribution is 2.30. The van der Waals surface area contributed by atoms with Crippen molar-refractivity contribution in [1.82, 2.24) is 9.21 Å². The first kappa shape index (κ1) is 26.0. The first-order valence-corrected chi connectivity index (χ1v) is 12.6. The number of amides is 1. The van der Waals surface area contributed by atoms with Gasteiger partial charge in [0.2, 0.25) is 15.9 Å². The van der Waals surface area contributed by atoms with E-state index >= 15 is 0 Å². The maximum Gasteiger partial charge on any atom is 0.243 e. The van der Waals surface area contributed by atoms with Crippen LogP contribution in [0.1, 0.15) is 19.4 Å². The first-order valence-electron chi connectivity index (χ1n) is 11.2. The van der Waals surface area contributed by atoms with Gasteiger partial charge in [0, 0.05) is 19.6 Å². The Hall–Kier alpha value is -2.66. The minimum absolute atomic E-state index is 0.102. The molecule has 3 rings (SSSR count). The van der Waals surface area contributed by atoms with Gasteiger partial charge >= 0.3 is 0 Å². The van der Waals surface area contributed by atoms with E-state index in [1.165, 1.54) is 16.4 Å². The Bertz CT molecular complexity index is 1080. The van der Waals surface area contributed by atoms with E-state index in [-0.39, 0.29) is 23.5 Å². The molecule has 0 spiro atoms. The number of sulfonamides is 1. The molecular weight excluding hydrogens is 458 g/mol. The monoisotopic (exact) mass is 491 g/mol. The van der Waals surface area contributed by atoms with Gasteiger partial charge in [0.05, 0.1) is 43.6 Å². The predicted octanol–water partition coefficient (Wildman–Crippen LogP) is 2.57. The fourth-order valence-corrected chi connectivity index (χ4v) is 5.07. The van der Waals surface area contributed by atoms with Gasteiger partial charge < -0.3 is 19.5 Å². The number of ether oxygens (including phenoxy) is 3. The van der Waals surface area contributed by atoms with E-state index in [4.69, 9.17) is 14.2 Å². The van der Waals surface area contributed by atoms with E-state index in [1.807, 2.05) is 50.1 Å². The second-order valence-electron chi connectivity index (χ2n) is 8.41. The summed E-state index contributed by atoms with van der Waals surface area (Å²) in [6.07, 6.45) is -0.145. The van der Waals surface area contributed by atoms with E-state index in [2.05, 4.69) is 5.32 Å². The largest absolute Gasteiger partial charge is 0.497 e. The molecule has 0 unspecified atom stereocenters. The van der Waals surface area contributed by atoms with Gasteiger partial charge in [0.1, 0.15) is 11.5 Å². The highest BCUT2D eigenvalue weighted by molar-refractivity contribution is 7.89. The molecule has 10 heteroatoms. The predicted molar refractivity (Wildman–Crippen MR) is 130 cm³/mol. The van der Waals surface area contributed by atoms with Gasteiger partial charge in [-0.1, -0.05) is 12.1 Å². The van der Waals surface area contributed by atoms with Crippen molar-refractivity contribution in [2.75, 3.05) is 52.3 Å². The molecule has 1 heterocycles. The average Bonchev–Trinajstić information content (AvgIpc) is 2.80. The van der Waals surface area contributed by atoms with Crippen LogP contribution < -0.4 is 14.8 Å². The van der Waals surface area contributed by atoms with E-state index in [0.29, 0.717) is 44.3 Å². The molecule has 0 aliphatic carbocycles. The Labute approximate surface area is 201 Å². The molecule has 0 bridgehead atoms. The number of anilines is 1. The minimum Gasteiger partial charge on any atom is -0.497 e. The Morgan fingerprint density at radius 2 is 1.91 bits per heavy atom. The van der Waals surface area contributed by atoms with Gasteiger partial charge in [-0.3, -0.25) is 9.69 Å². The molecule has 2 aromatic rings. The maximum absolute atomic E-state index is 13.1. The van der Waals surface area contributed by atoms with E-state index in [9.17, 15) is 13.2 Å². The number of likely N-dealkylation sites (N-methyl/N-ethyl adjacent to an activating group) is 1. The van der Waals surface area contributed by atoms with Crippen molar-refractivity contribution in [2.45, 2.75) is 31.4 Å². The molecule has 0 radical (unpaired) electrons. The Morgan fingerprint density at radius 1 is 1.18 bits per heavy atom. The number of rotatable bonds is 10. The molecule has 2 aromatic carbocycles. The molecule has 9 nitrogen and oxygen atoms in total. The number of carbonyl (C=O) groups excluding carboxylic acids is 1. The summed E-state index contributed by atoms with van der Waals surface area (Å²) in [6.45, 7) is 5.70. The third kappa shape index (κ3) is 6.92. The summed E-state index contributed by atoms with van der Waals surface area (Å²) in [5.74, 6) is 0.892. The van der Waals surface area contributed by atoms with Crippen molar-refractivity contribution >= 4 is 21.6 Å². The maximum atomic E-state index is 13.1. The van der Waals surface area contributed by atoms with Gasteiger partial charge in [-0.25, -0.2) is 8.42 Å². The van der Waals surface area contributed by atoms with Crippen LogP contribution in [0.4, 0.5) is 5.69 Å². The number of hydrogen-bond acceptors (Lipinski definition) is 7. The number of morpholine rings is 1. The molecule has 1 saturated heterocycles. The summed E-state index contributed by atoms with van der Waals surface area (Å²) in [6, 6.07) is 12.2. The standard InChI is InChI=1S/C24H33N3O6S/c1-18(2)33-23-9-8-21(34(29,30)27-10-12-32-13-11-27)15-22(23)25-24(28)17-26(3)16-19-6-5-7-20(14-19)31-4/h5-9,14-15,18H,10-13,16-17H2,1-4H3,(H,25,28). The van der Waals surface area contributed by atoms with E-state index < -0.39 is 10.0 Å². The van der Waals surface area contributed by atoms with E-state index in [1.54, 1.807) is 13.2 Å². The zero-order chi connectivity index (χ0) is 24.7. The third-order valence-electron chi connectivity index (χ3n) is 5.20. The van der Waals surface area contributed by atoms with Crippen LogP contribution in [0.2, 0.25) is 0 Å². The van der Waals surface area contributed by atoms with Crippen molar-refractivity contribution in [2.24, 2.45) is 0 Å². The number of hydrogen-bond donors (Lipinski definition) is 1.